The van der Waals surface area contributed by atoms with Crippen LogP contribution in [-0.4, -0.2) is 13.7 Å². The summed E-state index contributed by atoms with van der Waals surface area (Å²) in [5.74, 6) is 0.0142. The summed E-state index contributed by atoms with van der Waals surface area (Å²) in [5.41, 5.74) is 0.338. The fourth-order valence-electron chi connectivity index (χ4n) is 1.99. The number of methoxy groups -OCH3 is 1. The molecule has 0 aromatic heterocycles. The first-order valence-corrected chi connectivity index (χ1v) is 6.82. The highest BCUT2D eigenvalue weighted by molar-refractivity contribution is 5.55. The van der Waals surface area contributed by atoms with Crippen LogP contribution in [0.25, 0.3) is 0 Å². The molecule has 24 heavy (non-hydrogen) atoms. The second kappa shape index (κ2) is 7.37. The van der Waals surface area contributed by atoms with Crippen molar-refractivity contribution >= 4 is 5.69 Å². The molecule has 130 valence electrons. The smallest absolute Gasteiger partial charge is 0.416 e. The van der Waals surface area contributed by atoms with E-state index in [0.29, 0.717) is 11.3 Å². The molecule has 2 rings (SSSR count). The summed E-state index contributed by atoms with van der Waals surface area (Å²) >= 11 is 0. The molecule has 0 radical (unpaired) electrons. The van der Waals surface area contributed by atoms with Gasteiger partial charge in [0, 0.05) is 18.3 Å². The monoisotopic (exact) mass is 347 g/mol. The zero-order valence-corrected chi connectivity index (χ0v) is 12.5. The van der Waals surface area contributed by atoms with Crippen LogP contribution >= 0.6 is 0 Å². The van der Waals surface area contributed by atoms with Crippen molar-refractivity contribution in [3.63, 3.8) is 0 Å². The molecule has 0 atom stereocenters. The first kappa shape index (κ1) is 17.8. The van der Waals surface area contributed by atoms with Gasteiger partial charge in [-0.05, 0) is 29.8 Å². The lowest BCUT2D eigenvalue weighted by Gasteiger charge is -2.13. The number of halogens is 5. The van der Waals surface area contributed by atoms with Crippen molar-refractivity contribution in [2.75, 3.05) is 12.4 Å². The van der Waals surface area contributed by atoms with Crippen molar-refractivity contribution < 1.29 is 31.4 Å². The molecule has 8 heteroatoms. The summed E-state index contributed by atoms with van der Waals surface area (Å²) < 4.78 is 71.5. The van der Waals surface area contributed by atoms with Gasteiger partial charge in [-0.3, -0.25) is 0 Å². The number of alkyl halides is 5. The lowest BCUT2D eigenvalue weighted by Crippen LogP contribution is -2.06. The van der Waals surface area contributed by atoms with Gasteiger partial charge in [0.25, 0.3) is 0 Å². The first-order valence-electron chi connectivity index (χ1n) is 6.82. The minimum atomic E-state index is -4.39. The van der Waals surface area contributed by atoms with E-state index in [0.717, 1.165) is 12.1 Å². The van der Waals surface area contributed by atoms with E-state index in [-0.39, 0.29) is 18.0 Å². The highest BCUT2D eigenvalue weighted by atomic mass is 19.4. The predicted molar refractivity (Wildman–Crippen MR) is 78.4 cm³/mol. The van der Waals surface area contributed by atoms with Crippen molar-refractivity contribution in [2.45, 2.75) is 19.3 Å². The Bertz CT molecular complexity index is 671. The molecular formula is C16H14F5NO2. The Morgan fingerprint density at radius 2 is 1.67 bits per heavy atom. The number of hydrogen-bond donors (Lipinski definition) is 1. The zero-order chi connectivity index (χ0) is 17.7. The molecule has 0 saturated carbocycles. The first-order chi connectivity index (χ1) is 11.3. The van der Waals surface area contributed by atoms with Crippen molar-refractivity contribution in [1.29, 1.82) is 0 Å². The van der Waals surface area contributed by atoms with E-state index in [2.05, 4.69) is 10.1 Å². The van der Waals surface area contributed by atoms with Gasteiger partial charge in [0.05, 0.1) is 12.7 Å². The lowest BCUT2D eigenvalue weighted by atomic mass is 10.1. The Labute approximate surface area is 135 Å². The molecule has 0 bridgehead atoms. The summed E-state index contributed by atoms with van der Waals surface area (Å²) in [5, 5.41) is 2.92. The molecule has 0 heterocycles. The summed E-state index contributed by atoms with van der Waals surface area (Å²) in [6.45, 7) is -2.78. The number of ether oxygens (including phenoxy) is 2. The van der Waals surface area contributed by atoms with E-state index in [1.54, 1.807) is 6.07 Å². The minimum Gasteiger partial charge on any atom is -0.493 e. The Morgan fingerprint density at radius 3 is 2.21 bits per heavy atom. The van der Waals surface area contributed by atoms with Crippen LogP contribution < -0.4 is 14.8 Å². The van der Waals surface area contributed by atoms with Crippen molar-refractivity contribution in [2.24, 2.45) is 0 Å². The number of hydrogen-bond acceptors (Lipinski definition) is 3. The largest absolute Gasteiger partial charge is 0.493 e. The van der Waals surface area contributed by atoms with E-state index in [1.807, 2.05) is 0 Å². The van der Waals surface area contributed by atoms with Crippen LogP contribution in [0.4, 0.5) is 27.6 Å². The topological polar surface area (TPSA) is 30.5 Å². The molecule has 0 saturated heterocycles. The van der Waals surface area contributed by atoms with Gasteiger partial charge < -0.3 is 14.8 Å². The number of rotatable bonds is 6. The quantitative estimate of drug-likeness (QED) is 0.752. The van der Waals surface area contributed by atoms with E-state index in [1.165, 1.54) is 31.4 Å². The molecule has 1 N–H and O–H groups in total. The standard InChI is InChI=1S/C16H14F5NO2/c1-23-13-7-6-12(8-14(13)24-15(17)18)22-9-10-2-4-11(5-3-10)16(19,20)21/h2-8,15,22H,9H2,1H3. The Kier molecular flexibility index (Phi) is 5.48. The van der Waals surface area contributed by atoms with Crippen LogP contribution in [0.3, 0.4) is 0 Å². The van der Waals surface area contributed by atoms with E-state index >= 15 is 0 Å². The molecule has 0 aliphatic heterocycles. The molecule has 0 spiro atoms. The maximum Gasteiger partial charge on any atom is 0.416 e. The van der Waals surface area contributed by atoms with E-state index < -0.39 is 18.4 Å². The van der Waals surface area contributed by atoms with Gasteiger partial charge in [0.1, 0.15) is 0 Å². The van der Waals surface area contributed by atoms with E-state index in [9.17, 15) is 22.0 Å². The summed E-state index contributed by atoms with van der Waals surface area (Å²) in [6, 6.07) is 9.02. The average molecular weight is 347 g/mol. The molecule has 0 fully saturated rings. The summed E-state index contributed by atoms with van der Waals surface area (Å²) in [6.07, 6.45) is -4.39. The van der Waals surface area contributed by atoms with Crippen molar-refractivity contribution in [3.8, 4) is 11.5 Å². The van der Waals surface area contributed by atoms with Crippen LogP contribution in [-0.2, 0) is 12.7 Å². The zero-order valence-electron chi connectivity index (χ0n) is 12.5. The lowest BCUT2D eigenvalue weighted by molar-refractivity contribution is -0.137. The highest BCUT2D eigenvalue weighted by Crippen LogP contribution is 2.32. The number of anilines is 1. The third-order valence-electron chi connectivity index (χ3n) is 3.16. The Balaban J connectivity index is 2.06. The van der Waals surface area contributed by atoms with Gasteiger partial charge in [-0.1, -0.05) is 12.1 Å². The van der Waals surface area contributed by atoms with Gasteiger partial charge in [0.15, 0.2) is 11.5 Å². The Morgan fingerprint density at radius 1 is 1.00 bits per heavy atom. The van der Waals surface area contributed by atoms with Crippen molar-refractivity contribution in [3.05, 3.63) is 53.6 Å². The summed E-state index contributed by atoms with van der Waals surface area (Å²) in [4.78, 5) is 0. The maximum absolute atomic E-state index is 12.5. The maximum atomic E-state index is 12.5. The fourth-order valence-corrected chi connectivity index (χ4v) is 1.99. The second-order valence-electron chi connectivity index (χ2n) is 4.79. The molecule has 0 aliphatic rings. The summed E-state index contributed by atoms with van der Waals surface area (Å²) in [7, 11) is 1.32. The molecule has 3 nitrogen and oxygen atoms in total. The van der Waals surface area contributed by atoms with Crippen LogP contribution in [0.2, 0.25) is 0 Å². The second-order valence-corrected chi connectivity index (χ2v) is 4.79. The molecule has 2 aromatic rings. The van der Waals surface area contributed by atoms with Crippen molar-refractivity contribution in [1.82, 2.24) is 0 Å². The number of nitrogens with one attached hydrogen (secondary N) is 1. The average Bonchev–Trinajstić information content (AvgIpc) is 2.52. The van der Waals surface area contributed by atoms with Crippen LogP contribution in [0.15, 0.2) is 42.5 Å². The van der Waals surface area contributed by atoms with Gasteiger partial charge in [-0.15, -0.1) is 0 Å². The minimum absolute atomic E-state index is 0.134. The molecule has 0 amide bonds. The third-order valence-corrected chi connectivity index (χ3v) is 3.16. The van der Waals surface area contributed by atoms with Gasteiger partial charge >= 0.3 is 12.8 Å². The Hall–Kier alpha value is -2.51. The van der Waals surface area contributed by atoms with Crippen LogP contribution in [0.1, 0.15) is 11.1 Å². The molecule has 0 aliphatic carbocycles. The predicted octanol–water partition coefficient (Wildman–Crippen LogP) is 4.93. The van der Waals surface area contributed by atoms with Crippen LogP contribution in [0, 0.1) is 0 Å². The molecule has 0 unspecified atom stereocenters. The number of benzene rings is 2. The van der Waals surface area contributed by atoms with Crippen LogP contribution in [0.5, 0.6) is 11.5 Å². The normalized spacial score (nSPS) is 11.5. The highest BCUT2D eigenvalue weighted by Gasteiger charge is 2.29. The fraction of sp³-hybridized carbons (Fsp3) is 0.250. The SMILES string of the molecule is COc1ccc(NCc2ccc(C(F)(F)F)cc2)cc1OC(F)F. The van der Waals surface area contributed by atoms with Gasteiger partial charge in [-0.2, -0.15) is 22.0 Å². The molecule has 2 aromatic carbocycles. The van der Waals surface area contributed by atoms with E-state index in [4.69, 9.17) is 4.74 Å². The van der Waals surface area contributed by atoms with Gasteiger partial charge in [0.2, 0.25) is 0 Å². The third kappa shape index (κ3) is 4.74. The molecular weight excluding hydrogens is 333 g/mol. The van der Waals surface area contributed by atoms with Gasteiger partial charge in [-0.25, -0.2) is 0 Å².